The molecule has 2 aromatic rings. The van der Waals surface area contributed by atoms with Gasteiger partial charge in [-0.1, -0.05) is 12.1 Å². The Morgan fingerprint density at radius 1 is 0.750 bits per heavy atom. The van der Waals surface area contributed by atoms with E-state index in [4.69, 9.17) is 23.2 Å². The van der Waals surface area contributed by atoms with Gasteiger partial charge in [0.15, 0.2) is 0 Å². The zero-order valence-corrected chi connectivity index (χ0v) is 10.5. The molecule has 0 fully saturated rings. The molecule has 0 spiro atoms. The number of primary amides is 2. The van der Waals surface area contributed by atoms with E-state index in [0.717, 1.165) is 20.8 Å². The smallest absolute Gasteiger partial charge is 0.333 e. The first-order chi connectivity index (χ1) is 9.40. The van der Waals surface area contributed by atoms with E-state index in [-0.39, 0.29) is 0 Å². The molecule has 0 aromatic heterocycles. The normalized spacial score (nSPS) is 10.3. The maximum absolute atomic E-state index is 11.0. The molecule has 0 unspecified atom stereocenters. The van der Waals surface area contributed by atoms with Crippen molar-refractivity contribution in [2.24, 2.45) is 23.2 Å². The van der Waals surface area contributed by atoms with E-state index in [0.29, 0.717) is 11.4 Å². The number of fused-ring (bicyclic) bond motifs is 1. The number of hydrazine groups is 2. The fraction of sp³-hybridized carbons (Fsp3) is 0. The Labute approximate surface area is 114 Å². The van der Waals surface area contributed by atoms with Gasteiger partial charge in [-0.3, -0.25) is 0 Å². The fourth-order valence-electron chi connectivity index (χ4n) is 1.77. The van der Waals surface area contributed by atoms with Crippen molar-refractivity contribution in [3.63, 3.8) is 0 Å². The molecule has 0 atom stereocenters. The van der Waals surface area contributed by atoms with E-state index in [1.54, 1.807) is 36.4 Å². The topological polar surface area (TPSA) is 145 Å². The molecule has 2 aromatic carbocycles. The monoisotopic (exact) mass is 274 g/mol. The molecule has 8 nitrogen and oxygen atoms in total. The second-order valence-electron chi connectivity index (χ2n) is 4.13. The number of hydrogen-bond donors (Lipinski definition) is 4. The van der Waals surface area contributed by atoms with Crippen LogP contribution in [-0.4, -0.2) is 12.1 Å². The van der Waals surface area contributed by atoms with Crippen molar-refractivity contribution in [1.29, 1.82) is 0 Å². The first kappa shape index (κ1) is 13.6. The van der Waals surface area contributed by atoms with E-state index in [1.165, 1.54) is 0 Å². The molecule has 2 rings (SSSR count). The van der Waals surface area contributed by atoms with E-state index >= 15 is 0 Å². The number of rotatable bonds is 2. The number of nitrogens with two attached hydrogens (primary N) is 4. The molecule has 0 aliphatic rings. The van der Waals surface area contributed by atoms with Crippen LogP contribution in [0, 0.1) is 0 Å². The van der Waals surface area contributed by atoms with E-state index in [2.05, 4.69) is 0 Å². The fourth-order valence-corrected chi connectivity index (χ4v) is 1.77. The summed E-state index contributed by atoms with van der Waals surface area (Å²) in [6.45, 7) is 0. The number of urea groups is 2. The third-order valence-corrected chi connectivity index (χ3v) is 2.84. The highest BCUT2D eigenvalue weighted by molar-refractivity contribution is 5.96. The van der Waals surface area contributed by atoms with Crippen LogP contribution in [0.4, 0.5) is 21.0 Å². The van der Waals surface area contributed by atoms with Gasteiger partial charge in [0.1, 0.15) is 0 Å². The lowest BCUT2D eigenvalue weighted by Gasteiger charge is -2.16. The molecule has 0 aliphatic carbocycles. The molecular weight excluding hydrogens is 260 g/mol. The van der Waals surface area contributed by atoms with Crippen LogP contribution < -0.4 is 33.2 Å². The standard InChI is InChI=1S/C12H14N6O2/c13-11(19)17(15)9-3-1-7-5-10(18(16)12(14)20)4-2-8(7)6-9/h1-6H,15-16H2,(H2,13,19)(H2,14,20). The summed E-state index contributed by atoms with van der Waals surface area (Å²) >= 11 is 0. The van der Waals surface area contributed by atoms with Gasteiger partial charge in [0.05, 0.1) is 11.4 Å². The van der Waals surface area contributed by atoms with Crippen LogP contribution >= 0.6 is 0 Å². The zero-order valence-electron chi connectivity index (χ0n) is 10.5. The highest BCUT2D eigenvalue weighted by Crippen LogP contribution is 2.24. The van der Waals surface area contributed by atoms with Gasteiger partial charge in [0, 0.05) is 0 Å². The van der Waals surface area contributed by atoms with Gasteiger partial charge in [0.25, 0.3) is 0 Å². The Morgan fingerprint density at radius 3 is 1.40 bits per heavy atom. The minimum atomic E-state index is -0.761. The summed E-state index contributed by atoms with van der Waals surface area (Å²) in [6.07, 6.45) is 0. The Balaban J connectivity index is 2.44. The average molecular weight is 274 g/mol. The first-order valence-corrected chi connectivity index (χ1v) is 5.62. The lowest BCUT2D eigenvalue weighted by atomic mass is 10.1. The minimum Gasteiger partial charge on any atom is -0.350 e. The summed E-state index contributed by atoms with van der Waals surface area (Å²) < 4.78 is 0. The molecule has 0 heterocycles. The predicted octanol–water partition coefficient (Wildman–Crippen LogP) is 0.357. The molecule has 8 heteroatoms. The predicted molar refractivity (Wildman–Crippen MR) is 76.4 cm³/mol. The second-order valence-corrected chi connectivity index (χ2v) is 4.13. The van der Waals surface area contributed by atoms with Crippen molar-refractivity contribution in [1.82, 2.24) is 0 Å². The van der Waals surface area contributed by atoms with Crippen LogP contribution in [0.2, 0.25) is 0 Å². The van der Waals surface area contributed by atoms with E-state index in [9.17, 15) is 9.59 Å². The molecule has 8 N–H and O–H groups in total. The minimum absolute atomic E-state index is 0.456. The van der Waals surface area contributed by atoms with Gasteiger partial charge in [-0.15, -0.1) is 0 Å². The van der Waals surface area contributed by atoms with Crippen LogP contribution in [-0.2, 0) is 0 Å². The summed E-state index contributed by atoms with van der Waals surface area (Å²) in [7, 11) is 0. The Kier molecular flexibility index (Phi) is 3.42. The van der Waals surface area contributed by atoms with Gasteiger partial charge < -0.3 is 11.5 Å². The average Bonchev–Trinajstić information content (AvgIpc) is 2.44. The molecule has 20 heavy (non-hydrogen) atoms. The quantitative estimate of drug-likeness (QED) is 0.356. The summed E-state index contributed by atoms with van der Waals surface area (Å²) in [6, 6.07) is 8.57. The number of amides is 4. The zero-order chi connectivity index (χ0) is 14.9. The summed E-state index contributed by atoms with van der Waals surface area (Å²) in [5, 5.41) is 3.29. The third kappa shape index (κ3) is 2.46. The number of anilines is 2. The Bertz CT molecular complexity index is 627. The number of nitrogens with zero attached hydrogens (tertiary/aromatic N) is 2. The molecule has 0 saturated heterocycles. The van der Waals surface area contributed by atoms with Crippen molar-refractivity contribution in [2.75, 3.05) is 10.0 Å². The SMILES string of the molecule is NC(=O)N(N)c1ccc2cc(N(N)C(N)=O)ccc2c1. The maximum Gasteiger partial charge on any atom is 0.333 e. The van der Waals surface area contributed by atoms with Crippen molar-refractivity contribution in [3.05, 3.63) is 36.4 Å². The van der Waals surface area contributed by atoms with Gasteiger partial charge in [-0.05, 0) is 35.0 Å². The van der Waals surface area contributed by atoms with E-state index < -0.39 is 12.1 Å². The number of benzene rings is 2. The van der Waals surface area contributed by atoms with Crippen LogP contribution in [0.25, 0.3) is 10.8 Å². The first-order valence-electron chi connectivity index (χ1n) is 5.62. The molecule has 0 saturated carbocycles. The van der Waals surface area contributed by atoms with Gasteiger partial charge in [-0.25, -0.2) is 31.3 Å². The van der Waals surface area contributed by atoms with Crippen LogP contribution in [0.1, 0.15) is 0 Å². The lowest BCUT2D eigenvalue weighted by molar-refractivity contribution is 0.253. The number of hydrogen-bond acceptors (Lipinski definition) is 4. The molecular formula is C12H14N6O2. The highest BCUT2D eigenvalue weighted by atomic mass is 16.2. The molecule has 0 radical (unpaired) electrons. The molecule has 0 bridgehead atoms. The summed E-state index contributed by atoms with van der Waals surface area (Å²) in [5.74, 6) is 11.0. The second kappa shape index (κ2) is 5.03. The maximum atomic E-state index is 11.0. The van der Waals surface area contributed by atoms with Crippen molar-refractivity contribution in [3.8, 4) is 0 Å². The summed E-state index contributed by atoms with van der Waals surface area (Å²) in [5.41, 5.74) is 11.1. The van der Waals surface area contributed by atoms with Crippen molar-refractivity contribution >= 4 is 34.2 Å². The largest absolute Gasteiger partial charge is 0.350 e. The van der Waals surface area contributed by atoms with Gasteiger partial charge >= 0.3 is 12.1 Å². The Morgan fingerprint density at radius 2 is 1.10 bits per heavy atom. The van der Waals surface area contributed by atoms with Crippen molar-refractivity contribution < 1.29 is 9.59 Å². The van der Waals surface area contributed by atoms with E-state index in [1.807, 2.05) is 0 Å². The van der Waals surface area contributed by atoms with Crippen molar-refractivity contribution in [2.45, 2.75) is 0 Å². The van der Waals surface area contributed by atoms with Crippen LogP contribution in [0.3, 0.4) is 0 Å². The Hall–Kier alpha value is -2.84. The highest BCUT2D eigenvalue weighted by Gasteiger charge is 2.10. The number of carbonyl (C=O) groups is 2. The van der Waals surface area contributed by atoms with Gasteiger partial charge in [-0.2, -0.15) is 0 Å². The molecule has 4 amide bonds. The van der Waals surface area contributed by atoms with Crippen LogP contribution in [0.15, 0.2) is 36.4 Å². The third-order valence-electron chi connectivity index (χ3n) is 2.84. The van der Waals surface area contributed by atoms with Crippen LogP contribution in [0.5, 0.6) is 0 Å². The number of carbonyl (C=O) groups excluding carboxylic acids is 2. The lowest BCUT2D eigenvalue weighted by Crippen LogP contribution is -2.41. The summed E-state index contributed by atoms with van der Waals surface area (Å²) in [4.78, 5) is 22.0. The molecule has 104 valence electrons. The van der Waals surface area contributed by atoms with Gasteiger partial charge in [0.2, 0.25) is 0 Å². The molecule has 0 aliphatic heterocycles.